The quantitative estimate of drug-likeness (QED) is 0.584. The second-order valence-corrected chi connectivity index (χ2v) is 3.45. The monoisotopic (exact) mass is 229 g/mol. The molecule has 0 aliphatic carbocycles. The predicted molar refractivity (Wildman–Crippen MR) is 65.9 cm³/mol. The second-order valence-electron chi connectivity index (χ2n) is 3.45. The number of rotatable bonds is 5. The van der Waals surface area contributed by atoms with Crippen LogP contribution < -0.4 is 10.6 Å². The summed E-state index contributed by atoms with van der Waals surface area (Å²) in [5.41, 5.74) is 1.24. The molecule has 0 radical (unpaired) electrons. The number of carbonyl (C=O) groups is 1. The van der Waals surface area contributed by atoms with Crippen molar-refractivity contribution in [2.45, 2.75) is 6.42 Å². The number of nitriles is 1. The molecule has 0 spiro atoms. The standard InChI is InChI=1S/C13H15N3O/c1-15-10-12(9-14)13(17)16-8-7-11-5-3-2-4-6-11/h2-6,10,15H,7-8H2,1H3,(H,16,17)/b12-10-. The summed E-state index contributed by atoms with van der Waals surface area (Å²) in [5.74, 6) is -0.349. The molecule has 0 bridgehead atoms. The van der Waals surface area contributed by atoms with Crippen LogP contribution in [0, 0.1) is 11.3 Å². The summed E-state index contributed by atoms with van der Waals surface area (Å²) in [6.07, 6.45) is 2.14. The van der Waals surface area contributed by atoms with E-state index in [-0.39, 0.29) is 11.5 Å². The number of hydrogen-bond donors (Lipinski definition) is 2. The van der Waals surface area contributed by atoms with Crippen molar-refractivity contribution in [1.29, 1.82) is 5.26 Å². The fraction of sp³-hybridized carbons (Fsp3) is 0.231. The molecule has 0 saturated carbocycles. The van der Waals surface area contributed by atoms with Crippen LogP contribution in [0.1, 0.15) is 5.56 Å². The zero-order valence-corrected chi connectivity index (χ0v) is 9.73. The van der Waals surface area contributed by atoms with Gasteiger partial charge in [0.1, 0.15) is 11.6 Å². The van der Waals surface area contributed by atoms with Gasteiger partial charge in [0.15, 0.2) is 0 Å². The van der Waals surface area contributed by atoms with Crippen LogP contribution >= 0.6 is 0 Å². The van der Waals surface area contributed by atoms with Crippen molar-refractivity contribution in [3.63, 3.8) is 0 Å². The molecule has 0 aliphatic rings. The van der Waals surface area contributed by atoms with Crippen LogP contribution in [-0.2, 0) is 11.2 Å². The molecule has 1 rings (SSSR count). The Morgan fingerprint density at radius 1 is 1.41 bits per heavy atom. The average molecular weight is 229 g/mol. The predicted octanol–water partition coefficient (Wildman–Crippen LogP) is 0.972. The molecule has 0 unspecified atom stereocenters. The van der Waals surface area contributed by atoms with Gasteiger partial charge < -0.3 is 10.6 Å². The van der Waals surface area contributed by atoms with E-state index in [2.05, 4.69) is 10.6 Å². The summed E-state index contributed by atoms with van der Waals surface area (Å²) in [7, 11) is 1.65. The zero-order chi connectivity index (χ0) is 12.5. The van der Waals surface area contributed by atoms with Crippen molar-refractivity contribution in [2.75, 3.05) is 13.6 Å². The Labute approximate surface area is 101 Å². The highest BCUT2D eigenvalue weighted by atomic mass is 16.1. The van der Waals surface area contributed by atoms with Gasteiger partial charge in [0, 0.05) is 19.8 Å². The van der Waals surface area contributed by atoms with Gasteiger partial charge in [0.25, 0.3) is 5.91 Å². The normalized spacial score (nSPS) is 10.5. The van der Waals surface area contributed by atoms with Gasteiger partial charge in [0.2, 0.25) is 0 Å². The Balaban J connectivity index is 2.40. The molecule has 2 N–H and O–H groups in total. The summed E-state index contributed by atoms with van der Waals surface area (Å²) in [6, 6.07) is 11.7. The van der Waals surface area contributed by atoms with Gasteiger partial charge in [0.05, 0.1) is 0 Å². The largest absolute Gasteiger partial charge is 0.393 e. The first-order valence-corrected chi connectivity index (χ1v) is 5.37. The molecule has 0 aliphatic heterocycles. The number of nitrogens with one attached hydrogen (secondary N) is 2. The molecule has 1 aromatic carbocycles. The van der Waals surface area contributed by atoms with Crippen molar-refractivity contribution in [3.05, 3.63) is 47.7 Å². The highest BCUT2D eigenvalue weighted by Crippen LogP contribution is 1.98. The lowest BCUT2D eigenvalue weighted by molar-refractivity contribution is -0.117. The van der Waals surface area contributed by atoms with Gasteiger partial charge in [-0.2, -0.15) is 5.26 Å². The molecule has 17 heavy (non-hydrogen) atoms. The maximum Gasteiger partial charge on any atom is 0.263 e. The van der Waals surface area contributed by atoms with Crippen LogP contribution in [0.2, 0.25) is 0 Å². The van der Waals surface area contributed by atoms with Crippen LogP contribution in [0.4, 0.5) is 0 Å². The molecule has 1 amide bonds. The van der Waals surface area contributed by atoms with Crippen molar-refractivity contribution >= 4 is 5.91 Å². The van der Waals surface area contributed by atoms with E-state index in [0.717, 1.165) is 12.0 Å². The Hall–Kier alpha value is -2.28. The minimum absolute atomic E-state index is 0.0839. The molecule has 0 fully saturated rings. The third-order valence-corrected chi connectivity index (χ3v) is 2.20. The summed E-state index contributed by atoms with van der Waals surface area (Å²) in [5, 5.41) is 14.1. The van der Waals surface area contributed by atoms with Crippen LogP contribution in [0.25, 0.3) is 0 Å². The first kappa shape index (κ1) is 12.8. The van der Waals surface area contributed by atoms with Crippen LogP contribution in [0.5, 0.6) is 0 Å². The van der Waals surface area contributed by atoms with Crippen molar-refractivity contribution in [3.8, 4) is 6.07 Å². The van der Waals surface area contributed by atoms with E-state index in [1.165, 1.54) is 6.20 Å². The molecule has 0 heterocycles. The van der Waals surface area contributed by atoms with E-state index in [1.54, 1.807) is 7.05 Å². The van der Waals surface area contributed by atoms with Crippen LogP contribution in [0.3, 0.4) is 0 Å². The third kappa shape index (κ3) is 4.39. The Morgan fingerprint density at radius 2 is 2.12 bits per heavy atom. The minimum Gasteiger partial charge on any atom is -0.393 e. The highest BCUT2D eigenvalue weighted by Gasteiger charge is 2.06. The average Bonchev–Trinajstić information content (AvgIpc) is 2.37. The molecular weight excluding hydrogens is 214 g/mol. The van der Waals surface area contributed by atoms with E-state index in [9.17, 15) is 4.79 Å². The summed E-state index contributed by atoms with van der Waals surface area (Å²) in [4.78, 5) is 11.5. The Kier molecular flexibility index (Phi) is 5.32. The molecule has 4 nitrogen and oxygen atoms in total. The summed E-state index contributed by atoms with van der Waals surface area (Å²) >= 11 is 0. The van der Waals surface area contributed by atoms with E-state index in [4.69, 9.17) is 5.26 Å². The Bertz CT molecular complexity index is 432. The lowest BCUT2D eigenvalue weighted by atomic mass is 10.1. The lowest BCUT2D eigenvalue weighted by Gasteiger charge is -2.04. The number of amides is 1. The maximum atomic E-state index is 11.5. The molecule has 0 aromatic heterocycles. The van der Waals surface area contributed by atoms with Crippen molar-refractivity contribution in [2.24, 2.45) is 0 Å². The Morgan fingerprint density at radius 3 is 2.71 bits per heavy atom. The van der Waals surface area contributed by atoms with Gasteiger partial charge in [-0.1, -0.05) is 30.3 Å². The first-order chi connectivity index (χ1) is 8.27. The smallest absolute Gasteiger partial charge is 0.263 e. The molecule has 0 saturated heterocycles. The second kappa shape index (κ2) is 7.07. The van der Waals surface area contributed by atoms with Gasteiger partial charge in [-0.3, -0.25) is 4.79 Å². The molecule has 88 valence electrons. The van der Waals surface area contributed by atoms with E-state index in [1.807, 2.05) is 36.4 Å². The number of carbonyl (C=O) groups excluding carboxylic acids is 1. The molecule has 1 aromatic rings. The van der Waals surface area contributed by atoms with E-state index < -0.39 is 0 Å². The number of hydrogen-bond acceptors (Lipinski definition) is 3. The summed E-state index contributed by atoms with van der Waals surface area (Å²) < 4.78 is 0. The van der Waals surface area contributed by atoms with E-state index in [0.29, 0.717) is 6.54 Å². The summed E-state index contributed by atoms with van der Waals surface area (Å²) in [6.45, 7) is 0.519. The molecule has 4 heteroatoms. The van der Waals surface area contributed by atoms with Crippen LogP contribution in [0.15, 0.2) is 42.1 Å². The van der Waals surface area contributed by atoms with Gasteiger partial charge in [-0.05, 0) is 12.0 Å². The van der Waals surface area contributed by atoms with Gasteiger partial charge >= 0.3 is 0 Å². The van der Waals surface area contributed by atoms with Crippen molar-refractivity contribution in [1.82, 2.24) is 10.6 Å². The highest BCUT2D eigenvalue weighted by molar-refractivity contribution is 5.97. The lowest BCUT2D eigenvalue weighted by Crippen LogP contribution is -2.27. The topological polar surface area (TPSA) is 64.9 Å². The fourth-order valence-electron chi connectivity index (χ4n) is 1.35. The maximum absolute atomic E-state index is 11.5. The van der Waals surface area contributed by atoms with Crippen LogP contribution in [-0.4, -0.2) is 19.5 Å². The first-order valence-electron chi connectivity index (χ1n) is 5.37. The van der Waals surface area contributed by atoms with Crippen molar-refractivity contribution < 1.29 is 4.79 Å². The number of nitrogens with zero attached hydrogens (tertiary/aromatic N) is 1. The van der Waals surface area contributed by atoms with Gasteiger partial charge in [-0.25, -0.2) is 0 Å². The zero-order valence-electron chi connectivity index (χ0n) is 9.73. The molecule has 0 atom stereocenters. The minimum atomic E-state index is -0.349. The number of benzene rings is 1. The molecular formula is C13H15N3O. The van der Waals surface area contributed by atoms with E-state index >= 15 is 0 Å². The fourth-order valence-corrected chi connectivity index (χ4v) is 1.35. The van der Waals surface area contributed by atoms with Gasteiger partial charge in [-0.15, -0.1) is 0 Å². The third-order valence-electron chi connectivity index (χ3n) is 2.20. The SMILES string of the molecule is CN/C=C(/C#N)C(=O)NCCc1ccccc1.